The molecule has 3 rings (SSSR count). The molecule has 0 saturated carbocycles. The third-order valence-corrected chi connectivity index (χ3v) is 6.69. The Labute approximate surface area is 216 Å². The van der Waals surface area contributed by atoms with Gasteiger partial charge in [-0.25, -0.2) is 9.59 Å². The molecule has 0 aliphatic heterocycles. The van der Waals surface area contributed by atoms with Crippen molar-refractivity contribution in [2.24, 2.45) is 0 Å². The van der Waals surface area contributed by atoms with Gasteiger partial charge in [-0.3, -0.25) is 4.68 Å². The average molecular weight is 541 g/mol. The van der Waals surface area contributed by atoms with Crippen LogP contribution in [0.3, 0.4) is 0 Å². The molecule has 0 unspecified atom stereocenters. The zero-order valence-corrected chi connectivity index (χ0v) is 21.8. The molecule has 0 atom stereocenters. The summed E-state index contributed by atoms with van der Waals surface area (Å²) < 4.78 is 11.9. The Kier molecular flexibility index (Phi) is 8.90. The van der Waals surface area contributed by atoms with Crippen molar-refractivity contribution in [3.63, 3.8) is 0 Å². The second-order valence-corrected chi connectivity index (χ2v) is 9.15. The smallest absolute Gasteiger partial charge is 0.348 e. The van der Waals surface area contributed by atoms with Crippen molar-refractivity contribution in [3.05, 3.63) is 62.2 Å². The zero-order chi connectivity index (χ0) is 24.8. The minimum atomic E-state index is -0.554. The van der Waals surface area contributed by atoms with Gasteiger partial charge >= 0.3 is 11.9 Å². The Hall–Kier alpha value is -2.66. The largest absolute Gasteiger partial charge is 0.462 e. The summed E-state index contributed by atoms with van der Waals surface area (Å²) >= 11 is 19.0. The lowest BCUT2D eigenvalue weighted by molar-refractivity contribution is 0.0527. The summed E-state index contributed by atoms with van der Waals surface area (Å²) in [4.78, 5) is 25.2. The fourth-order valence-corrected chi connectivity index (χ4v) is 4.96. The number of nitrogens with one attached hydrogen (secondary N) is 2. The molecule has 0 fully saturated rings. The van der Waals surface area contributed by atoms with Crippen molar-refractivity contribution in [3.8, 4) is 0 Å². The van der Waals surface area contributed by atoms with Crippen LogP contribution >= 0.6 is 46.8 Å². The Morgan fingerprint density at radius 1 is 1.12 bits per heavy atom. The first-order valence-electron chi connectivity index (χ1n) is 10.3. The van der Waals surface area contributed by atoms with Gasteiger partial charge in [0.1, 0.15) is 9.88 Å². The number of thiophene rings is 1. The lowest BCUT2D eigenvalue weighted by atomic mass is 10.1. The van der Waals surface area contributed by atoms with Crippen LogP contribution in [0.2, 0.25) is 10.0 Å². The molecule has 2 aromatic heterocycles. The maximum absolute atomic E-state index is 12.5. The van der Waals surface area contributed by atoms with Crippen LogP contribution in [0.4, 0.5) is 10.7 Å². The molecule has 0 aliphatic carbocycles. The van der Waals surface area contributed by atoms with Crippen molar-refractivity contribution < 1.29 is 19.1 Å². The number of aromatic nitrogens is 2. The molecule has 0 amide bonds. The third kappa shape index (κ3) is 6.06. The number of thiocarbonyl (C=S) groups is 1. The maximum atomic E-state index is 12.5. The van der Waals surface area contributed by atoms with Crippen LogP contribution in [0.1, 0.15) is 45.0 Å². The van der Waals surface area contributed by atoms with Crippen LogP contribution in [-0.2, 0) is 16.0 Å². The van der Waals surface area contributed by atoms with Crippen molar-refractivity contribution in [1.82, 2.24) is 9.78 Å². The second kappa shape index (κ2) is 11.7. The lowest BCUT2D eigenvalue weighted by Crippen LogP contribution is -2.20. The van der Waals surface area contributed by atoms with E-state index < -0.39 is 11.9 Å². The molecule has 0 bridgehead atoms. The quantitative estimate of drug-likeness (QED) is 0.274. The summed E-state index contributed by atoms with van der Waals surface area (Å²) in [7, 11) is 0. The summed E-state index contributed by atoms with van der Waals surface area (Å²) in [5.74, 6) is -1.07. The number of hydrogen-bond acceptors (Lipinski definition) is 7. The number of esters is 2. The summed E-state index contributed by atoms with van der Waals surface area (Å²) in [6, 6.07) is 5.30. The van der Waals surface area contributed by atoms with Gasteiger partial charge in [0.2, 0.25) is 0 Å². The van der Waals surface area contributed by atoms with Crippen LogP contribution in [0, 0.1) is 6.92 Å². The van der Waals surface area contributed by atoms with Gasteiger partial charge in [-0.15, -0.1) is 11.3 Å². The molecule has 1 aromatic carbocycles. The number of carbonyl (C=O) groups excluding carboxylic acids is 2. The molecule has 0 radical (unpaired) electrons. The molecule has 34 heavy (non-hydrogen) atoms. The topological polar surface area (TPSA) is 94.5 Å². The number of ether oxygens (including phenoxy) is 2. The van der Waals surface area contributed by atoms with E-state index in [4.69, 9.17) is 44.9 Å². The molecule has 180 valence electrons. The molecular formula is C22H22Cl2N4O4S2. The first-order chi connectivity index (χ1) is 16.2. The van der Waals surface area contributed by atoms with Gasteiger partial charge in [-0.2, -0.15) is 5.10 Å². The first kappa shape index (κ1) is 26.0. The van der Waals surface area contributed by atoms with E-state index in [1.54, 1.807) is 56.0 Å². The molecule has 0 aliphatic rings. The SMILES string of the molecule is CCOC(=O)c1sc(NC(=S)Nc2cnn(Cc3c(Cl)cccc3Cl)c2)c(C(=O)OCC)c1C. The van der Waals surface area contributed by atoms with E-state index in [1.165, 1.54) is 0 Å². The van der Waals surface area contributed by atoms with E-state index in [-0.39, 0.29) is 23.9 Å². The highest BCUT2D eigenvalue weighted by molar-refractivity contribution is 7.80. The van der Waals surface area contributed by atoms with Crippen LogP contribution in [0.25, 0.3) is 0 Å². The Morgan fingerprint density at radius 3 is 2.41 bits per heavy atom. The number of halogens is 2. The minimum Gasteiger partial charge on any atom is -0.462 e. The number of rotatable bonds is 8. The van der Waals surface area contributed by atoms with E-state index in [2.05, 4.69) is 15.7 Å². The number of benzene rings is 1. The Bertz CT molecular complexity index is 1210. The molecule has 8 nitrogen and oxygen atoms in total. The second-order valence-electron chi connectivity index (χ2n) is 6.91. The van der Waals surface area contributed by atoms with E-state index in [1.807, 2.05) is 0 Å². The minimum absolute atomic E-state index is 0.194. The Morgan fingerprint density at radius 2 is 1.76 bits per heavy atom. The van der Waals surface area contributed by atoms with E-state index in [9.17, 15) is 9.59 Å². The van der Waals surface area contributed by atoms with Crippen molar-refractivity contribution in [1.29, 1.82) is 0 Å². The molecule has 0 saturated heterocycles. The maximum Gasteiger partial charge on any atom is 0.348 e. The fraction of sp³-hybridized carbons (Fsp3) is 0.273. The Balaban J connectivity index is 1.76. The van der Waals surface area contributed by atoms with E-state index in [0.29, 0.717) is 37.7 Å². The molecule has 2 heterocycles. The summed E-state index contributed by atoms with van der Waals surface area (Å²) in [5, 5.41) is 12.0. The fourth-order valence-electron chi connectivity index (χ4n) is 3.07. The van der Waals surface area contributed by atoms with Crippen LogP contribution < -0.4 is 10.6 Å². The highest BCUT2D eigenvalue weighted by atomic mass is 35.5. The first-order valence-corrected chi connectivity index (χ1v) is 12.2. The predicted octanol–water partition coefficient (Wildman–Crippen LogP) is 5.77. The summed E-state index contributed by atoms with van der Waals surface area (Å²) in [6.07, 6.45) is 3.33. The van der Waals surface area contributed by atoms with Gasteiger partial charge in [-0.1, -0.05) is 29.3 Å². The number of anilines is 2. The number of carbonyl (C=O) groups is 2. The van der Waals surface area contributed by atoms with Gasteiger partial charge in [-0.05, 0) is 50.7 Å². The molecule has 2 N–H and O–H groups in total. The van der Waals surface area contributed by atoms with Gasteiger partial charge in [0.25, 0.3) is 0 Å². The lowest BCUT2D eigenvalue weighted by Gasteiger charge is -2.10. The van der Waals surface area contributed by atoms with Gasteiger partial charge in [0.05, 0.1) is 37.2 Å². The number of hydrogen-bond donors (Lipinski definition) is 2. The van der Waals surface area contributed by atoms with E-state index >= 15 is 0 Å². The van der Waals surface area contributed by atoms with Gasteiger partial charge in [0.15, 0.2) is 5.11 Å². The molecular weight excluding hydrogens is 519 g/mol. The third-order valence-electron chi connectivity index (χ3n) is 4.59. The molecule has 12 heteroatoms. The molecule has 0 spiro atoms. The molecule has 3 aromatic rings. The predicted molar refractivity (Wildman–Crippen MR) is 139 cm³/mol. The van der Waals surface area contributed by atoms with Gasteiger partial charge < -0.3 is 20.1 Å². The summed E-state index contributed by atoms with van der Waals surface area (Å²) in [5.41, 5.74) is 2.07. The standard InChI is InChI=1S/C22H22Cl2N4O4S2/c1-4-31-20(29)17-12(3)18(21(30)32-5-2)34-19(17)27-22(33)26-13-9-25-28(10-13)11-14-15(23)7-6-8-16(14)24/h6-10H,4-5,11H2,1-3H3,(H2,26,27,33). The number of nitrogens with zero attached hydrogens (tertiary/aromatic N) is 2. The van der Waals surface area contributed by atoms with Crippen molar-refractivity contribution >= 4 is 74.5 Å². The zero-order valence-electron chi connectivity index (χ0n) is 18.6. The van der Waals surface area contributed by atoms with E-state index in [0.717, 1.165) is 16.9 Å². The van der Waals surface area contributed by atoms with Crippen LogP contribution in [0.5, 0.6) is 0 Å². The highest BCUT2D eigenvalue weighted by Crippen LogP contribution is 2.34. The van der Waals surface area contributed by atoms with Gasteiger partial charge in [0, 0.05) is 21.8 Å². The highest BCUT2D eigenvalue weighted by Gasteiger charge is 2.27. The normalized spacial score (nSPS) is 10.6. The summed E-state index contributed by atoms with van der Waals surface area (Å²) in [6.45, 7) is 5.88. The van der Waals surface area contributed by atoms with Crippen LogP contribution in [0.15, 0.2) is 30.6 Å². The van der Waals surface area contributed by atoms with Crippen molar-refractivity contribution in [2.75, 3.05) is 23.8 Å². The van der Waals surface area contributed by atoms with Crippen LogP contribution in [-0.4, -0.2) is 40.0 Å². The average Bonchev–Trinajstić information content (AvgIpc) is 3.34. The monoisotopic (exact) mass is 540 g/mol. The van der Waals surface area contributed by atoms with Crippen molar-refractivity contribution in [2.45, 2.75) is 27.3 Å².